The van der Waals surface area contributed by atoms with E-state index in [1.807, 2.05) is 19.1 Å². The van der Waals surface area contributed by atoms with E-state index >= 15 is 0 Å². The van der Waals surface area contributed by atoms with Crippen molar-refractivity contribution in [1.82, 2.24) is 15.0 Å². The fourth-order valence-electron chi connectivity index (χ4n) is 3.54. The molecule has 1 N–H and O–H groups in total. The second-order valence-corrected chi connectivity index (χ2v) is 6.08. The zero-order valence-electron chi connectivity index (χ0n) is 12.2. The van der Waals surface area contributed by atoms with Crippen LogP contribution >= 0.6 is 0 Å². The number of hydrogen-bond donors (Lipinski definition) is 1. The maximum absolute atomic E-state index is 5.33. The predicted octanol–water partition coefficient (Wildman–Crippen LogP) is 2.55. The first-order chi connectivity index (χ1) is 10.3. The highest BCUT2D eigenvalue weighted by molar-refractivity contribution is 5.72. The summed E-state index contributed by atoms with van der Waals surface area (Å²) in [4.78, 5) is 6.92. The van der Waals surface area contributed by atoms with Crippen molar-refractivity contribution in [2.24, 2.45) is 5.92 Å². The quantitative estimate of drug-likeness (QED) is 0.938. The van der Waals surface area contributed by atoms with Crippen LogP contribution in [0.15, 0.2) is 28.8 Å². The van der Waals surface area contributed by atoms with Crippen molar-refractivity contribution in [3.8, 4) is 11.5 Å². The van der Waals surface area contributed by atoms with Crippen LogP contribution in [-0.2, 0) is 0 Å². The third-order valence-electron chi connectivity index (χ3n) is 4.66. The van der Waals surface area contributed by atoms with Crippen molar-refractivity contribution in [3.05, 3.63) is 30.1 Å². The average Bonchev–Trinajstić information content (AvgIpc) is 3.10. The summed E-state index contributed by atoms with van der Waals surface area (Å²) in [5.74, 6) is 2.03. The van der Waals surface area contributed by atoms with Gasteiger partial charge in [0.1, 0.15) is 0 Å². The molecule has 2 fully saturated rings. The number of aromatic nitrogens is 2. The maximum atomic E-state index is 5.33. The summed E-state index contributed by atoms with van der Waals surface area (Å²) in [6, 6.07) is 8.76. The first-order valence-corrected chi connectivity index (χ1v) is 7.68. The maximum Gasteiger partial charge on any atom is 0.260 e. The number of para-hydroxylation sites is 1. The van der Waals surface area contributed by atoms with Crippen LogP contribution in [0.3, 0.4) is 0 Å². The SMILES string of the molecule is Cc1noc(-c2ccccc2NC2CCN3CCC2C3)n1. The molecule has 2 aliphatic heterocycles. The number of anilines is 1. The predicted molar refractivity (Wildman–Crippen MR) is 81.0 cm³/mol. The molecule has 2 saturated heterocycles. The van der Waals surface area contributed by atoms with E-state index in [4.69, 9.17) is 4.52 Å². The monoisotopic (exact) mass is 284 g/mol. The van der Waals surface area contributed by atoms with Gasteiger partial charge in [-0.05, 0) is 44.4 Å². The molecule has 5 nitrogen and oxygen atoms in total. The van der Waals surface area contributed by atoms with Crippen molar-refractivity contribution in [2.45, 2.75) is 25.8 Å². The number of piperidine rings is 1. The number of fused-ring (bicyclic) bond motifs is 2. The Morgan fingerprint density at radius 1 is 1.24 bits per heavy atom. The Labute approximate surface area is 124 Å². The number of aryl methyl sites for hydroxylation is 1. The van der Waals surface area contributed by atoms with Crippen molar-refractivity contribution < 1.29 is 4.52 Å². The highest BCUT2D eigenvalue weighted by Crippen LogP contribution is 2.32. The van der Waals surface area contributed by atoms with Gasteiger partial charge in [0, 0.05) is 24.8 Å². The summed E-state index contributed by atoms with van der Waals surface area (Å²) >= 11 is 0. The first kappa shape index (κ1) is 12.8. The highest BCUT2D eigenvalue weighted by Gasteiger charge is 2.34. The van der Waals surface area contributed by atoms with Crippen LogP contribution in [0, 0.1) is 12.8 Å². The molecule has 2 bridgehead atoms. The van der Waals surface area contributed by atoms with Gasteiger partial charge in [-0.1, -0.05) is 17.3 Å². The summed E-state index contributed by atoms with van der Waals surface area (Å²) in [6.07, 6.45) is 2.52. The van der Waals surface area contributed by atoms with Gasteiger partial charge in [0.2, 0.25) is 0 Å². The van der Waals surface area contributed by atoms with Crippen LogP contribution in [-0.4, -0.2) is 40.7 Å². The number of benzene rings is 1. The molecule has 3 unspecified atom stereocenters. The van der Waals surface area contributed by atoms with Gasteiger partial charge < -0.3 is 14.7 Å². The zero-order valence-corrected chi connectivity index (χ0v) is 12.2. The average molecular weight is 284 g/mol. The molecule has 0 aliphatic carbocycles. The van der Waals surface area contributed by atoms with Crippen LogP contribution in [0.25, 0.3) is 11.5 Å². The molecule has 4 rings (SSSR count). The van der Waals surface area contributed by atoms with E-state index < -0.39 is 0 Å². The molecule has 0 saturated carbocycles. The molecule has 2 aromatic rings. The Kier molecular flexibility index (Phi) is 3.15. The summed E-state index contributed by atoms with van der Waals surface area (Å²) in [5.41, 5.74) is 2.10. The fourth-order valence-corrected chi connectivity index (χ4v) is 3.54. The second-order valence-electron chi connectivity index (χ2n) is 6.08. The molecular formula is C16H20N4O. The van der Waals surface area contributed by atoms with Crippen LogP contribution in [0.1, 0.15) is 18.7 Å². The molecule has 0 amide bonds. The van der Waals surface area contributed by atoms with Crippen molar-refractivity contribution in [1.29, 1.82) is 0 Å². The summed E-state index contributed by atoms with van der Waals surface area (Å²) in [5, 5.41) is 7.63. The number of nitrogens with zero attached hydrogens (tertiary/aromatic N) is 3. The Bertz CT molecular complexity index is 639. The van der Waals surface area contributed by atoms with Gasteiger partial charge in [-0.3, -0.25) is 0 Å². The van der Waals surface area contributed by atoms with E-state index in [-0.39, 0.29) is 0 Å². The Morgan fingerprint density at radius 3 is 2.95 bits per heavy atom. The van der Waals surface area contributed by atoms with E-state index in [2.05, 4.69) is 32.5 Å². The van der Waals surface area contributed by atoms with Crippen LogP contribution in [0.5, 0.6) is 0 Å². The molecule has 0 radical (unpaired) electrons. The zero-order chi connectivity index (χ0) is 14.2. The van der Waals surface area contributed by atoms with E-state index in [1.54, 1.807) is 0 Å². The fraction of sp³-hybridized carbons (Fsp3) is 0.500. The van der Waals surface area contributed by atoms with Gasteiger partial charge in [0.15, 0.2) is 5.82 Å². The largest absolute Gasteiger partial charge is 0.381 e. The topological polar surface area (TPSA) is 54.2 Å². The van der Waals surface area contributed by atoms with Gasteiger partial charge in [-0.15, -0.1) is 0 Å². The van der Waals surface area contributed by atoms with E-state index in [0.29, 0.717) is 17.8 Å². The van der Waals surface area contributed by atoms with Crippen molar-refractivity contribution in [3.63, 3.8) is 0 Å². The lowest BCUT2D eigenvalue weighted by molar-refractivity contribution is 0.255. The van der Waals surface area contributed by atoms with Crippen molar-refractivity contribution >= 4 is 5.69 Å². The summed E-state index contributed by atoms with van der Waals surface area (Å²) < 4.78 is 5.33. The van der Waals surface area contributed by atoms with E-state index in [1.165, 1.54) is 32.5 Å². The molecule has 3 atom stereocenters. The molecular weight excluding hydrogens is 264 g/mol. The number of rotatable bonds is 3. The lowest BCUT2D eigenvalue weighted by Crippen LogP contribution is -2.39. The third kappa shape index (κ3) is 2.42. The lowest BCUT2D eigenvalue weighted by atomic mass is 9.93. The molecule has 0 spiro atoms. The summed E-state index contributed by atoms with van der Waals surface area (Å²) in [7, 11) is 0. The Morgan fingerprint density at radius 2 is 2.10 bits per heavy atom. The molecule has 5 heteroatoms. The van der Waals surface area contributed by atoms with Crippen molar-refractivity contribution in [2.75, 3.05) is 25.0 Å². The molecule has 110 valence electrons. The summed E-state index contributed by atoms with van der Waals surface area (Å²) in [6.45, 7) is 5.54. The molecule has 2 aliphatic rings. The van der Waals surface area contributed by atoms with Gasteiger partial charge in [-0.2, -0.15) is 4.98 Å². The van der Waals surface area contributed by atoms with Gasteiger partial charge in [-0.25, -0.2) is 0 Å². The highest BCUT2D eigenvalue weighted by atomic mass is 16.5. The molecule has 1 aromatic heterocycles. The minimum atomic E-state index is 0.550. The van der Waals surface area contributed by atoms with E-state index in [9.17, 15) is 0 Å². The smallest absolute Gasteiger partial charge is 0.260 e. The first-order valence-electron chi connectivity index (χ1n) is 7.68. The minimum absolute atomic E-state index is 0.550. The van der Waals surface area contributed by atoms with E-state index in [0.717, 1.165) is 17.2 Å². The number of hydrogen-bond acceptors (Lipinski definition) is 5. The Hall–Kier alpha value is -1.88. The van der Waals surface area contributed by atoms with Crippen LogP contribution in [0.2, 0.25) is 0 Å². The molecule has 21 heavy (non-hydrogen) atoms. The third-order valence-corrected chi connectivity index (χ3v) is 4.66. The standard InChI is InChI=1S/C16H20N4O/c1-11-17-16(21-19-11)13-4-2-3-5-15(13)18-14-7-9-20-8-6-12(14)10-20/h2-5,12,14,18H,6-10H2,1H3. The lowest BCUT2D eigenvalue weighted by Gasteiger charge is -2.32. The van der Waals surface area contributed by atoms with Gasteiger partial charge in [0.05, 0.1) is 5.56 Å². The van der Waals surface area contributed by atoms with Crippen LogP contribution < -0.4 is 5.32 Å². The molecule has 1 aromatic carbocycles. The van der Waals surface area contributed by atoms with Gasteiger partial charge in [0.25, 0.3) is 5.89 Å². The van der Waals surface area contributed by atoms with Crippen LogP contribution in [0.4, 0.5) is 5.69 Å². The second kappa shape index (κ2) is 5.15. The Balaban J connectivity index is 1.60. The normalized spacial score (nSPS) is 27.8. The minimum Gasteiger partial charge on any atom is -0.381 e. The number of nitrogens with one attached hydrogen (secondary N) is 1. The molecule has 3 heterocycles. The van der Waals surface area contributed by atoms with Gasteiger partial charge >= 0.3 is 0 Å².